The van der Waals surface area contributed by atoms with E-state index in [9.17, 15) is 0 Å². The average Bonchev–Trinajstić information content (AvgIpc) is 3.30. The maximum Gasteiger partial charge on any atom is 0.301 e. The van der Waals surface area contributed by atoms with E-state index in [-0.39, 0.29) is 6.10 Å². The maximum atomic E-state index is 7.37. The SMILES string of the molecule is C=CC[C@H](OB([C@H]1[C@H]2[C@@H](CC[C@@H]1C)C2(C)C)[C@H]1[C@H]2[C@@H](CC[C@@H]1C)C2(C)C)c1ccsc1. The van der Waals surface area contributed by atoms with Crippen molar-refractivity contribution in [1.82, 2.24) is 0 Å². The molecule has 0 spiro atoms. The predicted octanol–water partition coefficient (Wildman–Crippen LogP) is 8.52. The molecule has 4 aliphatic carbocycles. The highest BCUT2D eigenvalue weighted by molar-refractivity contribution is 7.08. The van der Waals surface area contributed by atoms with Crippen LogP contribution in [0.3, 0.4) is 0 Å². The van der Waals surface area contributed by atoms with Gasteiger partial charge in [0, 0.05) is 0 Å². The van der Waals surface area contributed by atoms with Gasteiger partial charge in [-0.15, -0.1) is 6.58 Å². The van der Waals surface area contributed by atoms with Crippen LogP contribution >= 0.6 is 11.3 Å². The average molecular weight is 439 g/mol. The second-order valence-electron chi connectivity index (χ2n) is 12.8. The normalized spacial score (nSPS) is 42.8. The summed E-state index contributed by atoms with van der Waals surface area (Å²) in [5, 5.41) is 4.50. The minimum absolute atomic E-state index is 0.164. The number of fused-ring (bicyclic) bond motifs is 2. The van der Waals surface area contributed by atoms with Gasteiger partial charge in [0.25, 0.3) is 0 Å². The summed E-state index contributed by atoms with van der Waals surface area (Å²) in [6.07, 6.45) is 8.79. The molecule has 0 bridgehead atoms. The molecular weight excluding hydrogens is 395 g/mol. The molecule has 1 heterocycles. The van der Waals surface area contributed by atoms with Gasteiger partial charge in [-0.2, -0.15) is 11.3 Å². The molecule has 31 heavy (non-hydrogen) atoms. The summed E-state index contributed by atoms with van der Waals surface area (Å²) >= 11 is 1.80. The molecule has 0 unspecified atom stereocenters. The molecule has 4 saturated carbocycles. The van der Waals surface area contributed by atoms with Gasteiger partial charge >= 0.3 is 6.92 Å². The van der Waals surface area contributed by atoms with Gasteiger partial charge in [0.15, 0.2) is 0 Å². The van der Waals surface area contributed by atoms with Gasteiger partial charge in [-0.25, -0.2) is 0 Å². The molecule has 1 nitrogen and oxygen atoms in total. The van der Waals surface area contributed by atoms with Crippen molar-refractivity contribution in [3.05, 3.63) is 35.0 Å². The lowest BCUT2D eigenvalue weighted by Gasteiger charge is -2.42. The first-order valence-corrected chi connectivity index (χ1v) is 13.9. The summed E-state index contributed by atoms with van der Waals surface area (Å²) in [6.45, 7) is 19.7. The molecular formula is C28H43BOS. The Bertz CT molecular complexity index is 756. The Morgan fingerprint density at radius 1 is 1.03 bits per heavy atom. The Labute approximate surface area is 195 Å². The Hall–Kier alpha value is -0.535. The lowest BCUT2D eigenvalue weighted by atomic mass is 9.37. The van der Waals surface area contributed by atoms with E-state index in [1.807, 2.05) is 0 Å². The number of hydrogen-bond donors (Lipinski definition) is 0. The predicted molar refractivity (Wildman–Crippen MR) is 135 cm³/mol. The Morgan fingerprint density at radius 3 is 2.03 bits per heavy atom. The third-order valence-electron chi connectivity index (χ3n) is 10.7. The summed E-state index contributed by atoms with van der Waals surface area (Å²) < 4.78 is 7.37. The molecule has 4 fully saturated rings. The van der Waals surface area contributed by atoms with Crippen molar-refractivity contribution in [2.75, 3.05) is 0 Å². The fourth-order valence-electron chi connectivity index (χ4n) is 8.75. The van der Waals surface area contributed by atoms with Crippen LogP contribution in [0.1, 0.15) is 85.3 Å². The topological polar surface area (TPSA) is 9.23 Å². The molecule has 0 aliphatic heterocycles. The smallest absolute Gasteiger partial charge is 0.301 e. The molecule has 5 rings (SSSR count). The van der Waals surface area contributed by atoms with E-state index in [1.165, 1.54) is 31.2 Å². The molecule has 0 aromatic carbocycles. The number of hydrogen-bond acceptors (Lipinski definition) is 2. The Morgan fingerprint density at radius 2 is 1.58 bits per heavy atom. The monoisotopic (exact) mass is 438 g/mol. The summed E-state index contributed by atoms with van der Waals surface area (Å²) in [4.78, 5) is 0. The second-order valence-corrected chi connectivity index (χ2v) is 13.6. The van der Waals surface area contributed by atoms with Gasteiger partial charge in [-0.05, 0) is 99.6 Å². The van der Waals surface area contributed by atoms with Crippen LogP contribution in [0, 0.1) is 46.3 Å². The maximum absolute atomic E-state index is 7.37. The van der Waals surface area contributed by atoms with Crippen molar-refractivity contribution in [1.29, 1.82) is 0 Å². The minimum Gasteiger partial charge on any atom is -0.428 e. The van der Waals surface area contributed by atoms with Crippen LogP contribution in [-0.2, 0) is 4.65 Å². The van der Waals surface area contributed by atoms with Gasteiger partial charge < -0.3 is 4.65 Å². The summed E-state index contributed by atoms with van der Waals surface area (Å²) in [6, 6.07) is 2.28. The highest BCUT2D eigenvalue weighted by Crippen LogP contribution is 2.75. The van der Waals surface area contributed by atoms with E-state index < -0.39 is 0 Å². The summed E-state index contributed by atoms with van der Waals surface area (Å²) in [5.74, 6) is 6.50. The van der Waals surface area contributed by atoms with Gasteiger partial charge in [-0.1, -0.05) is 60.5 Å². The van der Waals surface area contributed by atoms with E-state index >= 15 is 0 Å². The van der Waals surface area contributed by atoms with Crippen LogP contribution in [-0.4, -0.2) is 6.92 Å². The largest absolute Gasteiger partial charge is 0.428 e. The van der Waals surface area contributed by atoms with Crippen LogP contribution in [0.15, 0.2) is 29.5 Å². The molecule has 1 aromatic heterocycles. The van der Waals surface area contributed by atoms with Gasteiger partial charge in [0.1, 0.15) is 0 Å². The Balaban J connectivity index is 1.52. The van der Waals surface area contributed by atoms with E-state index in [0.29, 0.717) is 29.4 Å². The lowest BCUT2D eigenvalue weighted by molar-refractivity contribution is 0.169. The van der Waals surface area contributed by atoms with Gasteiger partial charge in [0.2, 0.25) is 0 Å². The first-order valence-electron chi connectivity index (χ1n) is 13.0. The third-order valence-corrected chi connectivity index (χ3v) is 11.4. The number of thiophene rings is 1. The minimum atomic E-state index is 0.164. The molecule has 0 N–H and O–H groups in total. The van der Waals surface area contributed by atoms with Crippen LogP contribution in [0.25, 0.3) is 0 Å². The summed E-state index contributed by atoms with van der Waals surface area (Å²) in [5.41, 5.74) is 2.37. The van der Waals surface area contributed by atoms with Crippen molar-refractivity contribution >= 4 is 18.3 Å². The van der Waals surface area contributed by atoms with E-state index in [4.69, 9.17) is 4.65 Å². The molecule has 1 aromatic rings. The van der Waals surface area contributed by atoms with Crippen LogP contribution < -0.4 is 0 Å². The lowest BCUT2D eigenvalue weighted by Crippen LogP contribution is -2.42. The molecule has 9 atom stereocenters. The second kappa shape index (κ2) is 7.76. The number of rotatable bonds is 7. The van der Waals surface area contributed by atoms with Crippen molar-refractivity contribution in [3.8, 4) is 0 Å². The highest BCUT2D eigenvalue weighted by atomic mass is 32.1. The van der Waals surface area contributed by atoms with E-state index in [2.05, 4.69) is 71.0 Å². The van der Waals surface area contributed by atoms with Crippen LogP contribution in [0.4, 0.5) is 0 Å². The first-order chi connectivity index (χ1) is 14.7. The molecule has 4 aliphatic rings. The zero-order valence-corrected chi connectivity index (χ0v) is 21.5. The van der Waals surface area contributed by atoms with Crippen molar-refractivity contribution < 1.29 is 4.65 Å². The third kappa shape index (κ3) is 3.52. The molecule has 170 valence electrons. The van der Waals surface area contributed by atoms with Crippen molar-refractivity contribution in [3.63, 3.8) is 0 Å². The van der Waals surface area contributed by atoms with E-state index in [0.717, 1.165) is 41.9 Å². The van der Waals surface area contributed by atoms with E-state index in [1.54, 1.807) is 11.3 Å². The zero-order chi connectivity index (χ0) is 22.1. The van der Waals surface area contributed by atoms with Crippen LogP contribution in [0.5, 0.6) is 0 Å². The van der Waals surface area contributed by atoms with Gasteiger partial charge in [0.05, 0.1) is 6.10 Å². The molecule has 3 heteroatoms. The molecule has 0 amide bonds. The van der Waals surface area contributed by atoms with Crippen molar-refractivity contribution in [2.24, 2.45) is 46.3 Å². The quantitative estimate of drug-likeness (QED) is 0.306. The Kier molecular flexibility index (Phi) is 5.57. The zero-order valence-electron chi connectivity index (χ0n) is 20.6. The van der Waals surface area contributed by atoms with Crippen LogP contribution in [0.2, 0.25) is 11.6 Å². The standard InChI is InChI=1S/C28H43BOS/c1-8-9-22(19-14-15-31-16-19)30-29(25-17(2)10-12-20-23(25)27(20,4)5)26-18(3)11-13-21-24(26)28(21,6)7/h8,14-18,20-26H,1,9-13H2,2-7H3/t17-,18-,20+,21+,22-,23+,24+,25+,26+/m0/s1. The van der Waals surface area contributed by atoms with Gasteiger partial charge in [-0.3, -0.25) is 0 Å². The van der Waals surface area contributed by atoms with Crippen molar-refractivity contribution in [2.45, 2.75) is 91.4 Å². The fraction of sp³-hybridized carbons (Fsp3) is 0.786. The first kappa shape index (κ1) is 22.3. The summed E-state index contributed by atoms with van der Waals surface area (Å²) in [7, 11) is 0. The molecule has 0 saturated heterocycles. The molecule has 0 radical (unpaired) electrons. The fourth-order valence-corrected chi connectivity index (χ4v) is 9.45. The highest BCUT2D eigenvalue weighted by Gasteiger charge is 2.70.